The summed E-state index contributed by atoms with van der Waals surface area (Å²) in [6, 6.07) is 0. The standard InChI is InChI=1S/C46H86NO11P/c1-6-8-10-11-12-13-14-15-16-17-18-19-20-21-22-23-25-30-45(51)55-37-40(38-57-59(53,54)56-35-34-47(3,4)5)58-46(52)31-27-26-29-41-42(44(50)36-43(41)49)33-32-39(48)28-24-9-7-2/h26-27,32-33,39-44,48-50H,6-25,28-31,34-38H2,1-5H3/b27-26-,33-32+/t39-,40-,41+,42-,43+,44-/m1/s1. The Hall–Kier alpha value is -1.63. The fourth-order valence-electron chi connectivity index (χ4n) is 7.34. The zero-order chi connectivity index (χ0) is 43.8. The van der Waals surface area contributed by atoms with Gasteiger partial charge in [-0.15, -0.1) is 0 Å². The van der Waals surface area contributed by atoms with Gasteiger partial charge in [0.1, 0.15) is 19.8 Å². The van der Waals surface area contributed by atoms with Crippen LogP contribution in [0.4, 0.5) is 0 Å². The van der Waals surface area contributed by atoms with Gasteiger partial charge in [0, 0.05) is 18.8 Å². The molecule has 1 aliphatic rings. The van der Waals surface area contributed by atoms with Gasteiger partial charge in [-0.1, -0.05) is 160 Å². The van der Waals surface area contributed by atoms with Gasteiger partial charge in [0.15, 0.2) is 6.10 Å². The summed E-state index contributed by atoms with van der Waals surface area (Å²) in [6.45, 7) is 3.76. The third kappa shape index (κ3) is 31.0. The highest BCUT2D eigenvalue weighted by Gasteiger charge is 2.39. The molecule has 1 fully saturated rings. The molecule has 1 unspecified atom stereocenters. The summed E-state index contributed by atoms with van der Waals surface area (Å²) < 4.78 is 33.8. The fraction of sp³-hybridized carbons (Fsp3) is 0.870. The van der Waals surface area contributed by atoms with Crippen LogP contribution in [-0.4, -0.2) is 104 Å². The van der Waals surface area contributed by atoms with E-state index < -0.39 is 50.8 Å². The van der Waals surface area contributed by atoms with Crippen LogP contribution in [0.5, 0.6) is 0 Å². The quantitative estimate of drug-likeness (QED) is 0.0178. The lowest BCUT2D eigenvalue weighted by Gasteiger charge is -2.28. The molecule has 3 N–H and O–H groups in total. The third-order valence-corrected chi connectivity index (χ3v) is 12.0. The van der Waals surface area contributed by atoms with Gasteiger partial charge >= 0.3 is 11.9 Å². The highest BCUT2D eigenvalue weighted by molar-refractivity contribution is 7.45. The first-order valence-electron chi connectivity index (χ1n) is 23.3. The van der Waals surface area contributed by atoms with Crippen molar-refractivity contribution in [1.82, 2.24) is 0 Å². The van der Waals surface area contributed by atoms with Crippen molar-refractivity contribution in [1.29, 1.82) is 0 Å². The Kier molecular flexibility index (Phi) is 31.9. The van der Waals surface area contributed by atoms with Crippen molar-refractivity contribution in [3.8, 4) is 0 Å². The van der Waals surface area contributed by atoms with Crippen molar-refractivity contribution >= 4 is 19.8 Å². The van der Waals surface area contributed by atoms with Crippen molar-refractivity contribution in [2.24, 2.45) is 11.8 Å². The normalized spacial score (nSPS) is 20.6. The van der Waals surface area contributed by atoms with Crippen LogP contribution in [0.3, 0.4) is 0 Å². The van der Waals surface area contributed by atoms with Gasteiger partial charge in [-0.2, -0.15) is 0 Å². The van der Waals surface area contributed by atoms with E-state index in [9.17, 15) is 34.4 Å². The number of phosphoric acid groups is 1. The third-order valence-electron chi connectivity index (χ3n) is 11.1. The predicted octanol–water partition coefficient (Wildman–Crippen LogP) is 8.88. The Morgan fingerprint density at radius 1 is 0.746 bits per heavy atom. The number of phosphoric ester groups is 1. The molecule has 0 amide bonds. The number of ether oxygens (including phenoxy) is 2. The van der Waals surface area contributed by atoms with E-state index >= 15 is 0 Å². The minimum atomic E-state index is -4.72. The molecule has 0 radical (unpaired) electrons. The van der Waals surface area contributed by atoms with Crippen LogP contribution in [-0.2, 0) is 32.7 Å². The van der Waals surface area contributed by atoms with Crippen LogP contribution in [0.25, 0.3) is 0 Å². The van der Waals surface area contributed by atoms with Crippen molar-refractivity contribution in [2.75, 3.05) is 47.5 Å². The summed E-state index contributed by atoms with van der Waals surface area (Å²) in [7, 11) is 0.976. The number of nitrogens with zero attached hydrogens (tertiary/aromatic N) is 1. The van der Waals surface area contributed by atoms with E-state index in [0.29, 0.717) is 30.3 Å². The number of hydrogen-bond acceptors (Lipinski definition) is 11. The summed E-state index contributed by atoms with van der Waals surface area (Å²) >= 11 is 0. The lowest BCUT2D eigenvalue weighted by Crippen LogP contribution is -2.37. The summed E-state index contributed by atoms with van der Waals surface area (Å²) in [4.78, 5) is 37.9. The number of carbonyl (C=O) groups excluding carboxylic acids is 2. The van der Waals surface area contributed by atoms with Crippen molar-refractivity contribution in [2.45, 2.75) is 199 Å². The maximum Gasteiger partial charge on any atom is 0.310 e. The number of rotatable bonds is 38. The summed E-state index contributed by atoms with van der Waals surface area (Å²) in [5.41, 5.74) is 0. The molecule has 346 valence electrons. The minimum Gasteiger partial charge on any atom is -0.756 e. The van der Waals surface area contributed by atoms with Crippen LogP contribution < -0.4 is 4.89 Å². The molecule has 1 rings (SSSR count). The molecule has 0 bridgehead atoms. The first kappa shape index (κ1) is 55.4. The number of aliphatic hydroxyl groups is 3. The van der Waals surface area contributed by atoms with Crippen molar-refractivity contribution in [3.05, 3.63) is 24.3 Å². The van der Waals surface area contributed by atoms with Gasteiger partial charge in [-0.3, -0.25) is 14.2 Å². The van der Waals surface area contributed by atoms with Crippen molar-refractivity contribution < 1.29 is 57.4 Å². The SMILES string of the molecule is CCCCCCCCCCCCCCCCCCCC(=O)OC[C@H](COP(=O)([O-])OCC[N+](C)(C)C)OC(=O)C/C=C\C[C@H]1[C@@H](/C=C/[C@H](O)CCCCC)[C@H](O)C[C@@H]1O. The number of hydrogen-bond donors (Lipinski definition) is 3. The summed E-state index contributed by atoms with van der Waals surface area (Å²) in [6.07, 6.45) is 29.0. The van der Waals surface area contributed by atoms with Gasteiger partial charge in [-0.25, -0.2) is 0 Å². The molecule has 0 saturated heterocycles. The molecule has 0 aromatic carbocycles. The first-order chi connectivity index (χ1) is 28.2. The van der Waals surface area contributed by atoms with Gasteiger partial charge in [0.2, 0.25) is 0 Å². The average molecular weight is 860 g/mol. The summed E-state index contributed by atoms with van der Waals surface area (Å²) in [5, 5.41) is 31.4. The smallest absolute Gasteiger partial charge is 0.310 e. The number of likely N-dealkylation sites (N-methyl/N-ethyl adjacent to an activating group) is 1. The number of esters is 2. The Labute approximate surface area is 358 Å². The van der Waals surface area contributed by atoms with Gasteiger partial charge in [0.05, 0.1) is 52.5 Å². The molecule has 0 heterocycles. The van der Waals surface area contributed by atoms with E-state index in [4.69, 9.17) is 18.5 Å². The topological polar surface area (TPSA) is 172 Å². The van der Waals surface area contributed by atoms with E-state index in [1.165, 1.54) is 83.5 Å². The number of aliphatic hydroxyl groups excluding tert-OH is 3. The molecule has 13 heteroatoms. The second-order valence-corrected chi connectivity index (χ2v) is 19.2. The Morgan fingerprint density at radius 3 is 1.85 bits per heavy atom. The number of quaternary nitrogens is 1. The fourth-order valence-corrected chi connectivity index (χ4v) is 8.06. The summed E-state index contributed by atoms with van der Waals surface area (Å²) in [5.74, 6) is -1.76. The van der Waals surface area contributed by atoms with E-state index in [-0.39, 0.29) is 44.3 Å². The van der Waals surface area contributed by atoms with Gasteiger partial charge in [-0.05, 0) is 25.2 Å². The highest BCUT2D eigenvalue weighted by atomic mass is 31.2. The molecule has 0 aliphatic heterocycles. The maximum atomic E-state index is 12.8. The first-order valence-corrected chi connectivity index (χ1v) is 24.8. The van der Waals surface area contributed by atoms with Crippen LogP contribution in [0.2, 0.25) is 0 Å². The monoisotopic (exact) mass is 860 g/mol. The maximum absolute atomic E-state index is 12.8. The zero-order valence-corrected chi connectivity index (χ0v) is 38.7. The largest absolute Gasteiger partial charge is 0.756 e. The molecule has 1 aliphatic carbocycles. The zero-order valence-electron chi connectivity index (χ0n) is 37.8. The molecule has 0 aromatic heterocycles. The number of allylic oxidation sites excluding steroid dienone is 1. The highest BCUT2D eigenvalue weighted by Crippen LogP contribution is 2.39. The van der Waals surface area contributed by atoms with E-state index in [2.05, 4.69) is 13.8 Å². The molecule has 0 spiro atoms. The average Bonchev–Trinajstić information content (AvgIpc) is 3.44. The van der Waals surface area contributed by atoms with Crippen molar-refractivity contribution in [3.63, 3.8) is 0 Å². The van der Waals surface area contributed by atoms with Gasteiger partial charge < -0.3 is 43.2 Å². The molecule has 59 heavy (non-hydrogen) atoms. The van der Waals surface area contributed by atoms with E-state index in [1.807, 2.05) is 21.1 Å². The van der Waals surface area contributed by atoms with Crippen LogP contribution in [0, 0.1) is 11.8 Å². The van der Waals surface area contributed by atoms with E-state index in [1.54, 1.807) is 24.3 Å². The molecule has 12 nitrogen and oxygen atoms in total. The Bertz CT molecular complexity index is 1180. The number of carbonyl (C=O) groups is 2. The predicted molar refractivity (Wildman–Crippen MR) is 233 cm³/mol. The molecular weight excluding hydrogens is 773 g/mol. The van der Waals surface area contributed by atoms with Crippen LogP contribution in [0.1, 0.15) is 174 Å². The van der Waals surface area contributed by atoms with Crippen LogP contribution in [0.15, 0.2) is 24.3 Å². The molecule has 1 saturated carbocycles. The van der Waals surface area contributed by atoms with Crippen LogP contribution >= 0.6 is 7.82 Å². The lowest BCUT2D eigenvalue weighted by atomic mass is 9.89. The Morgan fingerprint density at radius 2 is 1.29 bits per heavy atom. The molecule has 7 atom stereocenters. The molecule has 0 aromatic rings. The molecular formula is C46H86NO11P. The Balaban J connectivity index is 2.50. The van der Waals surface area contributed by atoms with Gasteiger partial charge in [0.25, 0.3) is 7.82 Å². The minimum absolute atomic E-state index is 0.0865. The van der Waals surface area contributed by atoms with E-state index in [0.717, 1.165) is 38.5 Å². The second-order valence-electron chi connectivity index (χ2n) is 17.8. The second kappa shape index (κ2) is 33.9. The lowest BCUT2D eigenvalue weighted by molar-refractivity contribution is -0.870. The number of unbranched alkanes of at least 4 members (excludes halogenated alkanes) is 18.